The number of hydrogen-bond donors (Lipinski definition) is 22. The minimum Gasteiger partial charge on any atom is -0.481 e. The van der Waals surface area contributed by atoms with Crippen molar-refractivity contribution in [2.75, 3.05) is 45.8 Å². The minimum atomic E-state index is -1.83. The maximum absolute atomic E-state index is 14.1. The van der Waals surface area contributed by atoms with Gasteiger partial charge in [0.15, 0.2) is 0 Å². The normalized spacial score (nSPS) is 13.6. The number of carboxylic acid groups (broad SMARTS) is 1. The van der Waals surface area contributed by atoms with Gasteiger partial charge in [0.2, 0.25) is 71.4 Å². The molecular weight excluding hydrogens is 1170 g/mol. The summed E-state index contributed by atoms with van der Waals surface area (Å²) >= 11 is 0. The van der Waals surface area contributed by atoms with E-state index in [0.29, 0.717) is 50.9 Å². The summed E-state index contributed by atoms with van der Waals surface area (Å²) in [6.07, 6.45) is 5.22. The van der Waals surface area contributed by atoms with Gasteiger partial charge < -0.3 is 85.8 Å². The molecule has 0 aliphatic heterocycles. The van der Waals surface area contributed by atoms with Crippen LogP contribution in [0.3, 0.4) is 0 Å². The van der Waals surface area contributed by atoms with Crippen molar-refractivity contribution in [3.63, 3.8) is 0 Å². The van der Waals surface area contributed by atoms with E-state index in [4.69, 9.17) is 28.7 Å². The maximum Gasteiger partial charge on any atom is 0.338 e. The topological polar surface area (TPSA) is 616 Å². The lowest BCUT2D eigenvalue weighted by molar-refractivity contribution is -0.460. The van der Waals surface area contributed by atoms with Gasteiger partial charge in [0.1, 0.15) is 48.3 Å². The van der Waals surface area contributed by atoms with Crippen LogP contribution in [0.25, 0.3) is 0 Å². The Morgan fingerprint density at radius 2 is 0.888 bits per heavy atom. The molecule has 31 N–H and O–H groups in total. The number of aliphatic carboxylic acids is 1. The van der Waals surface area contributed by atoms with Crippen LogP contribution in [0.15, 0.2) is 12.5 Å². The first-order valence-electron chi connectivity index (χ1n) is 29.5. The number of quaternary nitrogens is 2. The Kier molecular flexibility index (Phi) is 37.9. The van der Waals surface area contributed by atoms with Gasteiger partial charge >= 0.3 is 17.9 Å². The standard InChI is InChI=1S/C53H94N22O14/c1-29(2)19-37(74-51(89)39(22-43(80)81)71-42(79)26-64-45(83)33(13-9-17-62-52(57)58)69-40(77)24-65-46(84)36(68-28-76)21-31-23-61-27-67-31)47(85)66-25-41(78)70-34(14-10-18-63-53(59)60)48(86)75-38(20-30(3)4)50(88)73-35(12-6-8-16-55)49(87)72-32(44(56)82)11-5-7-15-54/h23,27-30,32-39H,5-22,24-26,54-55H2,1-4H3,(H2,56,82)(H,61,67)(H,64,83)(H,65,84)(H,66,85)(H,68,76)(H,69,77)(H,70,78)(H,71,79)(H,72,87)(H,73,88)(H,74,89)(H,75,86)(H,80,81)(H4,57,58,62)(H4,59,60,63)/p+4/t32-,33-,34-,35-,36-,37-,38-,39-/m0/s1. The number of hydrogen-bond acceptors (Lipinski definition) is 14. The quantitative estimate of drug-likeness (QED) is 0.0125. The Balaban J connectivity index is 3.25. The van der Waals surface area contributed by atoms with E-state index in [1.807, 2.05) is 0 Å². The van der Waals surface area contributed by atoms with E-state index in [-0.39, 0.29) is 94.6 Å². The van der Waals surface area contributed by atoms with Gasteiger partial charge in [-0.3, -0.25) is 95.2 Å². The van der Waals surface area contributed by atoms with E-state index in [9.17, 15) is 67.4 Å². The number of rotatable bonds is 47. The van der Waals surface area contributed by atoms with Crippen LogP contribution in [-0.4, -0.2) is 198 Å². The molecule has 0 radical (unpaired) electrons. The zero-order valence-corrected chi connectivity index (χ0v) is 51.4. The summed E-state index contributed by atoms with van der Waals surface area (Å²) in [5.74, 6) is -11.7. The number of carbonyl (C=O) groups is 13. The van der Waals surface area contributed by atoms with Gasteiger partial charge in [0.25, 0.3) is 0 Å². The third-order valence-electron chi connectivity index (χ3n) is 13.1. The molecule has 1 aromatic rings. The van der Waals surface area contributed by atoms with Gasteiger partial charge in [-0.2, -0.15) is 0 Å². The molecule has 0 aromatic carbocycles. The number of aromatic amines is 1. The molecule has 36 heteroatoms. The van der Waals surface area contributed by atoms with Crippen LogP contribution in [0.5, 0.6) is 0 Å². The third-order valence-corrected chi connectivity index (χ3v) is 13.1. The summed E-state index contributed by atoms with van der Waals surface area (Å²) in [6.45, 7) is 6.23. The van der Waals surface area contributed by atoms with Crippen LogP contribution < -0.4 is 109 Å². The third kappa shape index (κ3) is 34.6. The lowest BCUT2D eigenvalue weighted by Gasteiger charge is -2.27. The summed E-state index contributed by atoms with van der Waals surface area (Å²) in [5, 5.41) is 36.9. The van der Waals surface area contributed by atoms with Crippen molar-refractivity contribution in [1.29, 1.82) is 0 Å². The predicted octanol–water partition coefficient (Wildman–Crippen LogP) is -13.0. The van der Waals surface area contributed by atoms with Crippen LogP contribution in [0, 0.1) is 11.8 Å². The number of carbonyl (C=O) groups excluding carboxylic acids is 12. The Morgan fingerprint density at radius 1 is 0.517 bits per heavy atom. The first-order chi connectivity index (χ1) is 42.1. The van der Waals surface area contributed by atoms with E-state index in [0.717, 1.165) is 0 Å². The van der Waals surface area contributed by atoms with E-state index in [1.165, 1.54) is 12.5 Å². The van der Waals surface area contributed by atoms with Crippen molar-refractivity contribution in [3.05, 3.63) is 18.2 Å². The number of nitrogens with zero attached hydrogens (tertiary/aromatic N) is 1. The van der Waals surface area contributed by atoms with Crippen LogP contribution >= 0.6 is 0 Å². The molecule has 500 valence electrons. The Labute approximate surface area is 515 Å². The summed E-state index contributed by atoms with van der Waals surface area (Å²) in [4.78, 5) is 183. The zero-order valence-electron chi connectivity index (χ0n) is 51.4. The SMILES string of the molecule is CC(C)C[C@H](NC(=O)[C@H](CC(=O)O)NC(=O)CNC(=O)[C@H](CCC[NH+]=C(N)N)NC(=O)CNC(=O)[C@H](Cc1cnc[nH]1)NC=O)C(=O)NCC(=O)N[C@@H](CCC[NH+]=C(N)N)C(=O)N[C@@H](CC(C)C)C(=O)N[C@@H](CCCC[NH3+])C(=O)N[C@@H](CCCC[NH3+])C(N)=O. The fraction of sp³-hybridized carbons (Fsp3) is 0.660. The van der Waals surface area contributed by atoms with E-state index in [2.05, 4.69) is 89.9 Å². The fourth-order valence-electron chi connectivity index (χ4n) is 8.63. The number of unbranched alkanes of at least 4 members (excludes halogenated alkanes) is 2. The molecule has 1 heterocycles. The Morgan fingerprint density at radius 3 is 1.30 bits per heavy atom. The molecule has 1 aromatic heterocycles. The first kappa shape index (κ1) is 77.8. The molecule has 36 nitrogen and oxygen atoms in total. The number of imidazole rings is 1. The van der Waals surface area contributed by atoms with Crippen LogP contribution in [-0.2, 0) is 68.7 Å². The molecule has 0 aliphatic rings. The number of carboxylic acids is 1. The van der Waals surface area contributed by atoms with Crippen molar-refractivity contribution < 1.29 is 88.9 Å². The van der Waals surface area contributed by atoms with Crippen molar-refractivity contribution in [1.82, 2.24) is 68.5 Å². The minimum absolute atomic E-state index is 0.00888. The molecule has 0 unspecified atom stereocenters. The van der Waals surface area contributed by atoms with Crippen molar-refractivity contribution in [2.45, 2.75) is 166 Å². The number of H-pyrrole nitrogens is 1. The summed E-state index contributed by atoms with van der Waals surface area (Å²) in [6, 6.07) is -10.4. The molecule has 89 heavy (non-hydrogen) atoms. The number of aromatic nitrogens is 2. The number of guanidine groups is 2. The maximum atomic E-state index is 14.1. The number of amides is 12. The molecule has 1 rings (SSSR count). The molecule has 0 aliphatic carbocycles. The molecule has 0 fully saturated rings. The molecule has 0 spiro atoms. The summed E-state index contributed by atoms with van der Waals surface area (Å²) in [7, 11) is 0. The van der Waals surface area contributed by atoms with Gasteiger partial charge in [-0.05, 0) is 88.9 Å². The van der Waals surface area contributed by atoms with Crippen molar-refractivity contribution in [3.8, 4) is 0 Å². The molecule has 12 amide bonds. The monoisotopic (exact) mass is 1270 g/mol. The molecule has 0 bridgehead atoms. The molecular formula is C53H98N22O14+4. The van der Waals surface area contributed by atoms with Crippen LogP contribution in [0.2, 0.25) is 0 Å². The smallest absolute Gasteiger partial charge is 0.338 e. The van der Waals surface area contributed by atoms with Crippen molar-refractivity contribution in [2.24, 2.45) is 40.5 Å². The van der Waals surface area contributed by atoms with E-state index < -0.39 is 145 Å². The number of primary amides is 1. The van der Waals surface area contributed by atoms with Crippen LogP contribution in [0.1, 0.15) is 117 Å². The van der Waals surface area contributed by atoms with Crippen LogP contribution in [0.4, 0.5) is 0 Å². The Hall–Kier alpha value is -9.22. The lowest BCUT2D eigenvalue weighted by atomic mass is 10.0. The average Bonchev–Trinajstić information content (AvgIpc) is 4.13. The highest BCUT2D eigenvalue weighted by Gasteiger charge is 2.34. The van der Waals surface area contributed by atoms with Gasteiger partial charge in [0, 0.05) is 18.3 Å². The predicted molar refractivity (Wildman–Crippen MR) is 318 cm³/mol. The second-order valence-electron chi connectivity index (χ2n) is 21.9. The first-order valence-corrected chi connectivity index (χ1v) is 29.5. The van der Waals surface area contributed by atoms with Gasteiger partial charge in [-0.15, -0.1) is 0 Å². The lowest BCUT2D eigenvalue weighted by Crippen LogP contribution is -2.78. The number of nitrogens with two attached hydrogens (primary N) is 5. The highest BCUT2D eigenvalue weighted by atomic mass is 16.4. The largest absolute Gasteiger partial charge is 0.481 e. The fourth-order valence-corrected chi connectivity index (χ4v) is 8.63. The van der Waals surface area contributed by atoms with E-state index in [1.54, 1.807) is 27.7 Å². The van der Waals surface area contributed by atoms with Gasteiger partial charge in [-0.1, -0.05) is 27.7 Å². The Bertz CT molecular complexity index is 2530. The number of nitrogens with one attached hydrogen (secondary N) is 14. The average molecular weight is 1270 g/mol. The summed E-state index contributed by atoms with van der Waals surface area (Å²) < 4.78 is 0. The highest BCUT2D eigenvalue weighted by Crippen LogP contribution is 2.11. The van der Waals surface area contributed by atoms with Crippen molar-refractivity contribution >= 4 is 89.3 Å². The highest BCUT2D eigenvalue weighted by molar-refractivity contribution is 5.98. The molecule has 0 saturated heterocycles. The summed E-state index contributed by atoms with van der Waals surface area (Å²) in [5.41, 5.74) is 35.7. The molecule has 8 atom stereocenters. The second kappa shape index (κ2) is 43.4. The van der Waals surface area contributed by atoms with Gasteiger partial charge in [-0.25, -0.2) is 4.98 Å². The van der Waals surface area contributed by atoms with Gasteiger partial charge in [0.05, 0.1) is 58.6 Å². The van der Waals surface area contributed by atoms with E-state index >= 15 is 0 Å². The molecule has 0 saturated carbocycles. The zero-order chi connectivity index (χ0) is 67.0. The second-order valence-corrected chi connectivity index (χ2v) is 21.9.